The summed E-state index contributed by atoms with van der Waals surface area (Å²) in [4.78, 5) is 30.9. The van der Waals surface area contributed by atoms with E-state index >= 15 is 0 Å². The molecule has 1 fully saturated rings. The number of benzene rings is 2. The summed E-state index contributed by atoms with van der Waals surface area (Å²) in [6, 6.07) is 11.6. The van der Waals surface area contributed by atoms with Crippen molar-refractivity contribution in [2.45, 2.75) is 37.3 Å². The van der Waals surface area contributed by atoms with Crippen LogP contribution in [0, 0.1) is 11.8 Å². The molecule has 164 valence electrons. The van der Waals surface area contributed by atoms with E-state index in [2.05, 4.69) is 4.84 Å². The van der Waals surface area contributed by atoms with Crippen LogP contribution in [0.25, 0.3) is 0 Å². The number of sulfonamides is 1. The van der Waals surface area contributed by atoms with E-state index in [1.54, 1.807) is 17.0 Å². The number of piperidine rings is 1. The maximum absolute atomic E-state index is 13.2. The van der Waals surface area contributed by atoms with E-state index in [0.717, 1.165) is 16.8 Å². The Morgan fingerprint density at radius 3 is 2.52 bits per heavy atom. The van der Waals surface area contributed by atoms with Crippen LogP contribution in [0.1, 0.15) is 24.0 Å². The third-order valence-corrected chi connectivity index (χ3v) is 7.69. The number of aryl methyl sites for hydroxylation is 1. The number of hydrogen-bond acceptors (Lipinski definition) is 6. The van der Waals surface area contributed by atoms with E-state index in [9.17, 15) is 18.1 Å². The summed E-state index contributed by atoms with van der Waals surface area (Å²) in [5, 5.41) is 0. The van der Waals surface area contributed by atoms with Crippen LogP contribution in [-0.4, -0.2) is 50.0 Å². The normalized spacial score (nSPS) is 17.7. The minimum absolute atomic E-state index is 0.0729. The number of anilines is 1. The lowest BCUT2D eigenvalue weighted by Gasteiger charge is -2.40. The molecule has 0 unspecified atom stereocenters. The molecule has 0 spiro atoms. The predicted molar refractivity (Wildman–Crippen MR) is 112 cm³/mol. The first-order chi connectivity index (χ1) is 14.8. The highest BCUT2D eigenvalue weighted by atomic mass is 32.2. The summed E-state index contributed by atoms with van der Waals surface area (Å²) >= 11 is 0. The Bertz CT molecular complexity index is 1130. The summed E-state index contributed by atoms with van der Waals surface area (Å²) in [6.45, 7) is 2.63. The first-order valence-corrected chi connectivity index (χ1v) is 11.4. The van der Waals surface area contributed by atoms with Crippen molar-refractivity contribution in [2.75, 3.05) is 25.1 Å². The molecular weight excluding hydrogens is 422 g/mol. The fourth-order valence-corrected chi connectivity index (χ4v) is 5.84. The van der Waals surface area contributed by atoms with Gasteiger partial charge in [-0.25, -0.2) is 18.0 Å². The highest BCUT2D eigenvalue weighted by molar-refractivity contribution is 7.89. The molecule has 0 radical (unpaired) electrons. The van der Waals surface area contributed by atoms with Crippen LogP contribution in [0.2, 0.25) is 0 Å². The minimum Gasteiger partial charge on any atom is -0.444 e. The Morgan fingerprint density at radius 1 is 1.10 bits per heavy atom. The second-order valence-corrected chi connectivity index (χ2v) is 9.46. The number of para-hydroxylation sites is 2. The number of fused-ring (bicyclic) bond motifs is 1. The Balaban J connectivity index is 1.57. The maximum Gasteiger partial charge on any atom is 0.414 e. The van der Waals surface area contributed by atoms with Gasteiger partial charge < -0.3 is 4.74 Å². The maximum atomic E-state index is 13.2. The monoisotopic (exact) mass is 446 g/mol. The van der Waals surface area contributed by atoms with E-state index in [1.807, 2.05) is 25.1 Å². The summed E-state index contributed by atoms with van der Waals surface area (Å²) in [7, 11) is -2.73. The van der Waals surface area contributed by atoms with Gasteiger partial charge in [-0.2, -0.15) is 4.31 Å². The molecule has 2 aromatic rings. The molecule has 2 aromatic carbocycles. The molecule has 2 aliphatic rings. The lowest BCUT2D eigenvalue weighted by molar-refractivity contribution is -0.738. The predicted octanol–water partition coefficient (Wildman–Crippen LogP) is 3.28. The number of rotatable bonds is 5. The quantitative estimate of drug-likeness (QED) is 0.654. The zero-order valence-corrected chi connectivity index (χ0v) is 18.2. The van der Waals surface area contributed by atoms with Crippen molar-refractivity contribution in [3.05, 3.63) is 58.5 Å². The highest BCUT2D eigenvalue weighted by Crippen LogP contribution is 2.36. The average Bonchev–Trinajstić information content (AvgIpc) is 2.79. The van der Waals surface area contributed by atoms with Gasteiger partial charge in [-0.3, -0.25) is 4.90 Å². The fourth-order valence-electron chi connectivity index (χ4n) is 4.22. The van der Waals surface area contributed by atoms with Crippen LogP contribution < -0.4 is 4.90 Å². The van der Waals surface area contributed by atoms with Crippen molar-refractivity contribution in [2.24, 2.45) is 0 Å². The van der Waals surface area contributed by atoms with Crippen LogP contribution in [0.15, 0.2) is 47.4 Å². The van der Waals surface area contributed by atoms with Gasteiger partial charge in [-0.05, 0) is 31.4 Å². The number of cyclic esters (lactones) is 1. The van der Waals surface area contributed by atoms with E-state index in [4.69, 9.17) is 4.74 Å². The molecule has 4 rings (SSSR count). The van der Waals surface area contributed by atoms with E-state index in [-0.39, 0.29) is 41.2 Å². The van der Waals surface area contributed by atoms with E-state index in [1.165, 1.54) is 23.5 Å². The number of carbonyl (C=O) groups is 1. The molecule has 10 heteroatoms. The van der Waals surface area contributed by atoms with Gasteiger partial charge in [0.1, 0.15) is 6.61 Å². The Morgan fingerprint density at radius 2 is 1.81 bits per heavy atom. The van der Waals surface area contributed by atoms with Gasteiger partial charge in [0, 0.05) is 30.8 Å². The van der Waals surface area contributed by atoms with E-state index in [0.29, 0.717) is 12.8 Å². The fraction of sp³-hybridized carbons (Fsp3) is 0.381. The molecule has 0 saturated carbocycles. The summed E-state index contributed by atoms with van der Waals surface area (Å²) in [5.41, 5.74) is 2.70. The zero-order valence-electron chi connectivity index (χ0n) is 17.4. The Labute approximate surface area is 180 Å². The third kappa shape index (κ3) is 3.77. The average molecular weight is 447 g/mol. The van der Waals surface area contributed by atoms with Crippen LogP contribution in [0.4, 0.5) is 16.2 Å². The number of nitrogens with zero attached hydrogens (tertiary/aromatic N) is 3. The summed E-state index contributed by atoms with van der Waals surface area (Å²) in [6.07, 6.45) is 0.501. The SMILES string of the molecule is CO[N+](=O)c1ccccc1S(=O)(=O)N1CCC(N2C(=O)OCc3cccc(C)c32)CC1. The van der Waals surface area contributed by atoms with Crippen molar-refractivity contribution in [1.29, 1.82) is 0 Å². The van der Waals surface area contributed by atoms with Crippen LogP contribution in [0.5, 0.6) is 0 Å². The second-order valence-electron chi connectivity index (χ2n) is 7.55. The largest absolute Gasteiger partial charge is 0.444 e. The van der Waals surface area contributed by atoms with Gasteiger partial charge >= 0.3 is 11.8 Å². The topological polar surface area (TPSA) is 96.2 Å². The molecular formula is C21H24N3O6S+. The highest BCUT2D eigenvalue weighted by Gasteiger charge is 2.40. The molecule has 0 aromatic heterocycles. The first kappa shape index (κ1) is 21.3. The summed E-state index contributed by atoms with van der Waals surface area (Å²) < 4.78 is 33.1. The standard InChI is InChI=1S/C21H24N3O6S/c1-15-6-5-7-16-14-30-21(25)23(20(15)16)17-10-12-22(13-11-17)31(27,28)19-9-4-3-8-18(19)24(26)29-2/h3-9,17H,10-14H2,1-2H3/q+1. The molecule has 1 amide bonds. The van der Waals surface area contributed by atoms with Crippen LogP contribution in [0.3, 0.4) is 0 Å². The number of amides is 1. The lowest BCUT2D eigenvalue weighted by atomic mass is 10.00. The van der Waals surface area contributed by atoms with Gasteiger partial charge in [0.05, 0.1) is 10.6 Å². The van der Waals surface area contributed by atoms with Crippen molar-refractivity contribution in [3.63, 3.8) is 0 Å². The first-order valence-electron chi connectivity index (χ1n) is 9.99. The summed E-state index contributed by atoms with van der Waals surface area (Å²) in [5.74, 6) is 0. The number of carbonyl (C=O) groups excluding carboxylic acids is 1. The molecule has 1 saturated heterocycles. The molecule has 31 heavy (non-hydrogen) atoms. The van der Waals surface area contributed by atoms with Crippen molar-refractivity contribution in [1.82, 2.24) is 4.31 Å². The molecule has 9 nitrogen and oxygen atoms in total. The number of hydrogen-bond donors (Lipinski definition) is 0. The second kappa shape index (κ2) is 8.27. The van der Waals surface area contributed by atoms with Gasteiger partial charge in [0.2, 0.25) is 10.0 Å². The van der Waals surface area contributed by atoms with Crippen molar-refractivity contribution >= 4 is 27.5 Å². The van der Waals surface area contributed by atoms with E-state index < -0.39 is 16.1 Å². The van der Waals surface area contributed by atoms with Gasteiger partial charge in [-0.15, -0.1) is 0 Å². The van der Waals surface area contributed by atoms with Crippen molar-refractivity contribution < 1.29 is 27.7 Å². The molecule has 0 N–H and O–H groups in total. The van der Waals surface area contributed by atoms with Crippen molar-refractivity contribution in [3.8, 4) is 0 Å². The van der Waals surface area contributed by atoms with Gasteiger partial charge in [-0.1, -0.05) is 30.3 Å². The molecule has 2 heterocycles. The minimum atomic E-state index is -3.91. The molecule has 2 aliphatic heterocycles. The Hall–Kier alpha value is -2.98. The molecule has 0 aliphatic carbocycles. The van der Waals surface area contributed by atoms with Gasteiger partial charge in [0.15, 0.2) is 12.0 Å². The smallest absolute Gasteiger partial charge is 0.414 e. The van der Waals surface area contributed by atoms with Gasteiger partial charge in [0.25, 0.3) is 4.92 Å². The third-order valence-electron chi connectivity index (χ3n) is 5.74. The Kier molecular flexibility index (Phi) is 5.67. The molecule has 0 atom stereocenters. The van der Waals surface area contributed by atoms with Crippen LogP contribution >= 0.6 is 0 Å². The number of ether oxygens (including phenoxy) is 1. The molecule has 0 bridgehead atoms. The zero-order chi connectivity index (χ0) is 22.2. The lowest BCUT2D eigenvalue weighted by Crippen LogP contribution is -2.50. The van der Waals surface area contributed by atoms with Crippen LogP contribution in [-0.2, 0) is 26.2 Å².